The number of para-hydroxylation sites is 3. The van der Waals surface area contributed by atoms with Crippen LogP contribution in [0.15, 0.2) is 124 Å². The Hall–Kier alpha value is -7.11. The number of aliphatic hydroxyl groups is 3. The molecule has 3 aromatic carbocycles. The number of ether oxygens (including phenoxy) is 6. The van der Waals surface area contributed by atoms with Crippen molar-refractivity contribution < 1.29 is 112 Å². The second kappa shape index (κ2) is 39.2. The molecule has 0 radical (unpaired) electrons. The van der Waals surface area contributed by atoms with Crippen LogP contribution in [-0.4, -0.2) is 174 Å². The number of halogens is 3. The van der Waals surface area contributed by atoms with Crippen LogP contribution in [0, 0.1) is 52.4 Å². The first-order valence-electron chi connectivity index (χ1n) is 34.2. The molecule has 0 bridgehead atoms. The third-order valence-corrected chi connectivity index (χ3v) is 23.5. The van der Waals surface area contributed by atoms with Gasteiger partial charge in [-0.1, -0.05) is 112 Å². The molecule has 6 N–H and O–H groups in total. The van der Waals surface area contributed by atoms with Gasteiger partial charge in [-0.15, -0.1) is 0 Å². The van der Waals surface area contributed by atoms with Crippen LogP contribution in [-0.2, 0) is 70.1 Å². The molecule has 4 unspecified atom stereocenters. The number of rotatable bonds is 30. The highest BCUT2D eigenvalue weighted by molar-refractivity contribution is 7.71. The SMILES string of the molecule is Cc1cn([C@H]2O[C@@H](COP(=O)(C[C@@H](C)C(=O)OC(C)C)Oc3ccccc3)C(O)[C@H]2F)c(=O)[nH]c1=S.Cc1cn([C@H]2O[C@@H](CO[P@@](=O)(C[C@@H](C)C(=O)OC(C)C)Oc3ccccc3)C(O)[C@H]2F)c(=O)[nH]c1=S.Cc1cn([C@H]2O[C@@H](CO[P@](=O)(C[C@@H](C)C(=O)OC(C)C)Oc3ccccc3)C(O)[C@H]2F)c(=O)[nH]c1=S. The molecule has 9 rings (SSSR count). The smallest absolute Gasteiger partial charge is 0.380 e. The molecule has 0 aliphatic carbocycles. The van der Waals surface area contributed by atoms with Gasteiger partial charge in [-0.05, 0) is 98.7 Å². The molecule has 3 fully saturated rings. The summed E-state index contributed by atoms with van der Waals surface area (Å²) in [4.78, 5) is 81.1. The molecule has 3 aliphatic rings. The fraction of sp³-hybridized carbons (Fsp3) is 0.522. The number of esters is 3. The Morgan fingerprint density at radius 3 is 0.870 bits per heavy atom. The van der Waals surface area contributed by atoms with Crippen molar-refractivity contribution in [2.24, 2.45) is 17.8 Å². The number of aromatic nitrogens is 6. The molecule has 6 heterocycles. The molecule has 3 saturated heterocycles. The van der Waals surface area contributed by atoms with Crippen LogP contribution in [0.5, 0.6) is 17.2 Å². The highest BCUT2D eigenvalue weighted by Crippen LogP contribution is 2.54. The monoisotopic (exact) mass is 1630 g/mol. The van der Waals surface area contributed by atoms with E-state index in [1.165, 1.54) is 39.4 Å². The lowest BCUT2D eigenvalue weighted by Crippen LogP contribution is -2.34. The van der Waals surface area contributed by atoms with Gasteiger partial charge in [0.1, 0.15) is 67.8 Å². The number of nitrogens with zero attached hydrogens (tertiary/aromatic N) is 3. The number of aromatic amines is 3. The van der Waals surface area contributed by atoms with E-state index in [1.807, 2.05) is 0 Å². The van der Waals surface area contributed by atoms with Gasteiger partial charge in [0, 0.05) is 35.3 Å². The van der Waals surface area contributed by atoms with Gasteiger partial charge < -0.3 is 57.3 Å². The van der Waals surface area contributed by atoms with Gasteiger partial charge in [-0.3, -0.25) is 56.6 Å². The first-order valence-corrected chi connectivity index (χ1v) is 40.6. The Morgan fingerprint density at radius 1 is 0.435 bits per heavy atom. The zero-order valence-electron chi connectivity index (χ0n) is 61.0. The predicted octanol–water partition coefficient (Wildman–Crippen LogP) is 11.1. The number of benzene rings is 3. The number of nitrogens with one attached hydrogen (secondary N) is 3. The highest BCUT2D eigenvalue weighted by Gasteiger charge is 2.50. The summed E-state index contributed by atoms with van der Waals surface area (Å²) in [6.07, 6.45) is -17.2. The fourth-order valence-corrected chi connectivity index (χ4v) is 16.7. The standard InChI is InChI=1S/3C23H30FN2O8PS/c3*1-13(2)32-22(28)15(4)12-35(30,34-16-8-6-5-7-9-16)31-11-17-19(27)18(24)21(33-17)26-10-14(3)20(36)25-23(26)29/h3*5-10,13,15,17-19,21,27H,11-12H2,1-4H3,(H,25,29,36)/t15-,17+,18-,19?,21+,35?;15-,17+,18-,19?,21+,35+;15-,17+,18-,19?,21+,35-/m111/s1. The Morgan fingerprint density at radius 2 is 0.657 bits per heavy atom. The summed E-state index contributed by atoms with van der Waals surface area (Å²) in [6.45, 7) is 18.1. The minimum absolute atomic E-state index is 0.203. The second-order valence-corrected chi connectivity index (χ2v) is 33.9. The highest BCUT2D eigenvalue weighted by atomic mass is 32.1. The van der Waals surface area contributed by atoms with Crippen LogP contribution >= 0.6 is 59.4 Å². The predicted molar refractivity (Wildman–Crippen MR) is 394 cm³/mol. The van der Waals surface area contributed by atoms with Crippen molar-refractivity contribution in [3.63, 3.8) is 0 Å². The van der Waals surface area contributed by atoms with Gasteiger partial charge in [-0.25, -0.2) is 41.3 Å². The summed E-state index contributed by atoms with van der Waals surface area (Å²) in [6, 6.07) is 24.6. The Kier molecular flexibility index (Phi) is 32.0. The number of alkyl halides is 3. The third kappa shape index (κ3) is 24.4. The molecule has 0 amide bonds. The van der Waals surface area contributed by atoms with E-state index in [0.29, 0.717) is 16.7 Å². The summed E-state index contributed by atoms with van der Waals surface area (Å²) in [5.74, 6) is -3.55. The fourth-order valence-electron chi connectivity index (χ4n) is 10.6. The van der Waals surface area contributed by atoms with Gasteiger partial charge >= 0.3 is 57.8 Å². The van der Waals surface area contributed by atoms with E-state index in [0.717, 1.165) is 13.7 Å². The first kappa shape index (κ1) is 88.1. The van der Waals surface area contributed by atoms with Crippen LogP contribution < -0.4 is 30.6 Å². The van der Waals surface area contributed by atoms with E-state index < -0.39 is 169 Å². The summed E-state index contributed by atoms with van der Waals surface area (Å²) in [5, 5.41) is 31.3. The van der Waals surface area contributed by atoms with Crippen LogP contribution in [0.4, 0.5) is 13.2 Å². The Bertz CT molecular complexity index is 4110. The maximum absolute atomic E-state index is 14.9. The second-order valence-electron chi connectivity index (χ2n) is 26.6. The van der Waals surface area contributed by atoms with Gasteiger partial charge in [0.05, 0.1) is 74.4 Å². The first-order chi connectivity index (χ1) is 50.7. The van der Waals surface area contributed by atoms with Crippen LogP contribution in [0.1, 0.15) is 97.7 Å². The molecular weight excluding hydrogens is 1540 g/mol. The van der Waals surface area contributed by atoms with E-state index in [4.69, 9.17) is 92.2 Å². The van der Waals surface area contributed by atoms with E-state index in [-0.39, 0.29) is 68.0 Å². The van der Waals surface area contributed by atoms with Gasteiger partial charge in [0.15, 0.2) is 37.2 Å². The van der Waals surface area contributed by atoms with E-state index in [9.17, 15) is 71.0 Å². The number of hydrogen-bond acceptors (Lipinski definition) is 27. The van der Waals surface area contributed by atoms with Crippen LogP contribution in [0.2, 0.25) is 0 Å². The van der Waals surface area contributed by atoms with E-state index in [1.54, 1.807) is 153 Å². The van der Waals surface area contributed by atoms with Crippen molar-refractivity contribution in [3.8, 4) is 17.2 Å². The molecule has 594 valence electrons. The summed E-state index contributed by atoms with van der Waals surface area (Å²) >= 11 is 15.0. The zero-order valence-corrected chi connectivity index (χ0v) is 66.1. The molecule has 0 saturated carbocycles. The lowest BCUT2D eigenvalue weighted by atomic mass is 10.1. The van der Waals surface area contributed by atoms with Gasteiger partial charge in [0.25, 0.3) is 0 Å². The van der Waals surface area contributed by atoms with Gasteiger partial charge in [-0.2, -0.15) is 0 Å². The van der Waals surface area contributed by atoms with E-state index in [2.05, 4.69) is 15.0 Å². The molecule has 39 heteroatoms. The number of H-pyrrole nitrogens is 3. The quantitative estimate of drug-likeness (QED) is 0.0106. The topological polar surface area (TPSA) is 387 Å². The molecule has 30 nitrogen and oxygen atoms in total. The summed E-state index contributed by atoms with van der Waals surface area (Å²) in [5.41, 5.74) is -0.583. The zero-order chi connectivity index (χ0) is 79.9. The maximum Gasteiger partial charge on any atom is 0.380 e. The minimum atomic E-state index is -4.01. The van der Waals surface area contributed by atoms with Crippen molar-refractivity contribution in [1.29, 1.82) is 0 Å². The van der Waals surface area contributed by atoms with Crippen molar-refractivity contribution in [2.45, 2.75) is 175 Å². The molecule has 0 spiro atoms. The molecule has 3 aliphatic heterocycles. The van der Waals surface area contributed by atoms with Crippen molar-refractivity contribution >= 4 is 77.3 Å². The van der Waals surface area contributed by atoms with Crippen molar-refractivity contribution in [1.82, 2.24) is 28.7 Å². The molecule has 3 aromatic heterocycles. The largest absolute Gasteiger partial charge is 0.463 e. The number of aliphatic hydroxyl groups excluding tert-OH is 3. The minimum Gasteiger partial charge on any atom is -0.463 e. The summed E-state index contributed by atoms with van der Waals surface area (Å²) in [7, 11) is -12.0. The Balaban J connectivity index is 0.000000226. The lowest BCUT2D eigenvalue weighted by Gasteiger charge is -2.24. The maximum atomic E-state index is 14.9. The average Bonchev–Trinajstić information content (AvgIpc) is 1.65. The third-order valence-electron chi connectivity index (χ3n) is 16.2. The van der Waals surface area contributed by atoms with Gasteiger partial charge in [0.2, 0.25) is 0 Å². The van der Waals surface area contributed by atoms with Crippen LogP contribution in [0.25, 0.3) is 0 Å². The van der Waals surface area contributed by atoms with Crippen molar-refractivity contribution in [2.75, 3.05) is 38.3 Å². The normalized spacial score (nSPS) is 24.3. The molecule has 6 aromatic rings. The van der Waals surface area contributed by atoms with E-state index >= 15 is 0 Å². The number of carbonyl (C=O) groups excluding carboxylic acids is 3. The average molecular weight is 1630 g/mol. The van der Waals surface area contributed by atoms with Crippen molar-refractivity contribution in [3.05, 3.63) is 172 Å². The molecule has 18 atom stereocenters. The number of aryl methyl sites for hydroxylation is 3. The Labute approximate surface area is 635 Å². The number of hydrogen-bond donors (Lipinski definition) is 6. The molecule has 108 heavy (non-hydrogen) atoms. The lowest BCUT2D eigenvalue weighted by molar-refractivity contribution is -0.152. The summed E-state index contributed by atoms with van der Waals surface area (Å²) < 4.78 is 155. The van der Waals surface area contributed by atoms with Crippen LogP contribution in [0.3, 0.4) is 0 Å². The molecular formula is C69H90F3N6O24P3S3. The number of carbonyl (C=O) groups is 3.